The zero-order valence-corrected chi connectivity index (χ0v) is 7.40. The van der Waals surface area contributed by atoms with Gasteiger partial charge in [0, 0.05) is 18.7 Å². The smallest absolute Gasteiger partial charge is 0.312 e. The average molecular weight is 178 g/mol. The Kier molecular flexibility index (Phi) is 3.96. The number of hydrogen-bond donors (Lipinski definition) is 0. The van der Waals surface area contributed by atoms with Gasteiger partial charge in [-0.05, 0) is 12.5 Å². The number of hydrogen-bond acceptors (Lipinski definition) is 3. The molecule has 1 rings (SSSR count). The van der Waals surface area contributed by atoms with Crippen LogP contribution in [0.2, 0.25) is 0 Å². The molecule has 0 N–H and O–H groups in total. The fourth-order valence-corrected chi connectivity index (χ4v) is 0.844. The van der Waals surface area contributed by atoms with E-state index in [-0.39, 0.29) is 5.97 Å². The second-order valence-corrected chi connectivity index (χ2v) is 2.60. The lowest BCUT2D eigenvalue weighted by molar-refractivity contribution is -0.134. The number of unbranched alkanes of at least 4 members (excludes halogenated alkanes) is 1. The number of ether oxygens (including phenoxy) is 1. The monoisotopic (exact) mass is 178 g/mol. The molecule has 0 aliphatic rings. The molecule has 0 aliphatic heterocycles. The summed E-state index contributed by atoms with van der Waals surface area (Å²) < 4.78 is 4.94. The molecule has 0 spiro atoms. The first-order chi connectivity index (χ1) is 6.33. The molecule has 0 aromatic carbocycles. The minimum absolute atomic E-state index is 0.248. The highest BCUT2D eigenvalue weighted by molar-refractivity contribution is 5.71. The summed E-state index contributed by atoms with van der Waals surface area (Å²) in [7, 11) is 0. The predicted molar refractivity (Wildman–Crippen MR) is 49.1 cm³/mol. The normalized spacial score (nSPS) is 9.62. The largest absolute Gasteiger partial charge is 0.407 e. The highest BCUT2D eigenvalue weighted by atomic mass is 16.5. The molecule has 0 saturated heterocycles. The Labute approximate surface area is 77.8 Å². The molecule has 0 bridgehead atoms. The van der Waals surface area contributed by atoms with Crippen LogP contribution in [0.25, 0.3) is 0 Å². The van der Waals surface area contributed by atoms with Gasteiger partial charge in [0.15, 0.2) is 0 Å². The third-order valence-electron chi connectivity index (χ3n) is 1.49. The number of nitrogens with zero attached hydrogens (tertiary/aromatic N) is 1. The van der Waals surface area contributed by atoms with Crippen molar-refractivity contribution in [3.63, 3.8) is 0 Å². The van der Waals surface area contributed by atoms with Crippen LogP contribution in [0.1, 0.15) is 19.3 Å². The highest BCUT2D eigenvalue weighted by Gasteiger charge is 2.03. The summed E-state index contributed by atoms with van der Waals surface area (Å²) in [5.41, 5.74) is 0. The topological polar surface area (TPSA) is 39.2 Å². The van der Waals surface area contributed by atoms with E-state index in [4.69, 9.17) is 4.74 Å². The summed E-state index contributed by atoms with van der Waals surface area (Å²) >= 11 is 0. The summed E-state index contributed by atoms with van der Waals surface area (Å²) in [5, 5.41) is 0. The van der Waals surface area contributed by atoms with Crippen LogP contribution in [0.3, 0.4) is 0 Å². The lowest BCUT2D eigenvalue weighted by Gasteiger charge is -2.00. The van der Waals surface area contributed by atoms with Gasteiger partial charge in [0.05, 0.1) is 0 Å². The van der Waals surface area contributed by atoms with E-state index in [0.29, 0.717) is 12.3 Å². The Morgan fingerprint density at radius 3 is 3.00 bits per heavy atom. The Hall–Kier alpha value is -1.38. The summed E-state index contributed by atoms with van der Waals surface area (Å²) in [6.07, 6.45) is 3.49. The number of pyridine rings is 1. The molecule has 1 radical (unpaired) electrons. The molecule has 0 amide bonds. The standard InChI is InChI=1S/C10H12NO2/c1-2-3-7-10(12)13-9-6-4-5-8-11-9/h4-6,8H,1-3,7H2. The highest BCUT2D eigenvalue weighted by Crippen LogP contribution is 2.05. The number of esters is 1. The van der Waals surface area contributed by atoms with Gasteiger partial charge in [0.1, 0.15) is 0 Å². The van der Waals surface area contributed by atoms with Gasteiger partial charge in [-0.25, -0.2) is 4.98 Å². The zero-order valence-electron chi connectivity index (χ0n) is 7.40. The predicted octanol–water partition coefficient (Wildman–Crippen LogP) is 1.99. The molecule has 1 aromatic heterocycles. The molecule has 3 nitrogen and oxygen atoms in total. The molecule has 0 atom stereocenters. The van der Waals surface area contributed by atoms with Crippen molar-refractivity contribution in [3.05, 3.63) is 31.3 Å². The van der Waals surface area contributed by atoms with Crippen LogP contribution in [0, 0.1) is 6.92 Å². The van der Waals surface area contributed by atoms with E-state index in [1.165, 1.54) is 0 Å². The minimum atomic E-state index is -0.248. The van der Waals surface area contributed by atoms with Crippen molar-refractivity contribution in [3.8, 4) is 5.88 Å². The van der Waals surface area contributed by atoms with Gasteiger partial charge in [0.25, 0.3) is 0 Å². The van der Waals surface area contributed by atoms with Crippen molar-refractivity contribution in [2.75, 3.05) is 0 Å². The first-order valence-corrected chi connectivity index (χ1v) is 4.24. The van der Waals surface area contributed by atoms with E-state index in [1.807, 2.05) is 0 Å². The average Bonchev–Trinajstić information content (AvgIpc) is 2.16. The molecule has 0 aliphatic carbocycles. The van der Waals surface area contributed by atoms with Gasteiger partial charge in [-0.15, -0.1) is 0 Å². The van der Waals surface area contributed by atoms with Crippen molar-refractivity contribution >= 4 is 5.97 Å². The van der Waals surface area contributed by atoms with Crippen LogP contribution >= 0.6 is 0 Å². The third-order valence-corrected chi connectivity index (χ3v) is 1.49. The van der Waals surface area contributed by atoms with E-state index >= 15 is 0 Å². The first-order valence-electron chi connectivity index (χ1n) is 4.24. The number of carbonyl (C=O) groups excluding carboxylic acids is 1. The number of aromatic nitrogens is 1. The lowest BCUT2D eigenvalue weighted by Crippen LogP contribution is -2.08. The van der Waals surface area contributed by atoms with E-state index in [9.17, 15) is 4.79 Å². The second-order valence-electron chi connectivity index (χ2n) is 2.60. The van der Waals surface area contributed by atoms with Crippen molar-refractivity contribution in [2.45, 2.75) is 19.3 Å². The second kappa shape index (κ2) is 5.30. The molecule has 0 unspecified atom stereocenters. The number of carbonyl (C=O) groups is 1. The first kappa shape index (κ1) is 9.71. The van der Waals surface area contributed by atoms with Crippen molar-refractivity contribution in [2.24, 2.45) is 0 Å². The van der Waals surface area contributed by atoms with Crippen LogP contribution in [-0.2, 0) is 4.79 Å². The zero-order chi connectivity index (χ0) is 9.52. The molecule has 0 saturated carbocycles. The van der Waals surface area contributed by atoms with Crippen molar-refractivity contribution in [1.29, 1.82) is 0 Å². The SMILES string of the molecule is [CH2]CCCC(=O)Oc1ccccn1. The molecule has 3 heteroatoms. The van der Waals surface area contributed by atoms with Gasteiger partial charge in [0.2, 0.25) is 5.88 Å². The maximum atomic E-state index is 11.1. The minimum Gasteiger partial charge on any atom is -0.407 e. The van der Waals surface area contributed by atoms with Crippen molar-refractivity contribution < 1.29 is 9.53 Å². The summed E-state index contributed by atoms with van der Waals surface area (Å²) in [6.45, 7) is 3.64. The molecule has 1 heterocycles. The number of rotatable bonds is 4. The molecular formula is C10H12NO2. The summed E-state index contributed by atoms with van der Waals surface area (Å²) in [4.78, 5) is 14.9. The van der Waals surface area contributed by atoms with Gasteiger partial charge >= 0.3 is 5.97 Å². The van der Waals surface area contributed by atoms with Crippen molar-refractivity contribution in [1.82, 2.24) is 4.98 Å². The Morgan fingerprint density at radius 2 is 2.38 bits per heavy atom. The maximum Gasteiger partial charge on any atom is 0.312 e. The van der Waals surface area contributed by atoms with E-state index < -0.39 is 0 Å². The Morgan fingerprint density at radius 1 is 1.54 bits per heavy atom. The van der Waals surface area contributed by atoms with Crippen LogP contribution in [-0.4, -0.2) is 11.0 Å². The lowest BCUT2D eigenvalue weighted by atomic mass is 10.2. The third kappa shape index (κ3) is 3.69. The fourth-order valence-electron chi connectivity index (χ4n) is 0.844. The van der Waals surface area contributed by atoms with E-state index in [0.717, 1.165) is 12.8 Å². The Balaban J connectivity index is 2.37. The van der Waals surface area contributed by atoms with Crippen LogP contribution in [0.4, 0.5) is 0 Å². The quantitative estimate of drug-likeness (QED) is 0.662. The van der Waals surface area contributed by atoms with Gasteiger partial charge in [-0.1, -0.05) is 19.4 Å². The molecule has 1 aromatic rings. The summed E-state index contributed by atoms with van der Waals surface area (Å²) in [5.74, 6) is 0.110. The van der Waals surface area contributed by atoms with Gasteiger partial charge in [-0.3, -0.25) is 4.79 Å². The van der Waals surface area contributed by atoms with E-state index in [2.05, 4.69) is 11.9 Å². The van der Waals surface area contributed by atoms with Gasteiger partial charge in [-0.2, -0.15) is 0 Å². The molecule has 13 heavy (non-hydrogen) atoms. The van der Waals surface area contributed by atoms with Crippen LogP contribution in [0.15, 0.2) is 24.4 Å². The molecular weight excluding hydrogens is 166 g/mol. The summed E-state index contributed by atoms with van der Waals surface area (Å²) in [6, 6.07) is 5.20. The fraction of sp³-hybridized carbons (Fsp3) is 0.300. The van der Waals surface area contributed by atoms with Crippen LogP contribution < -0.4 is 4.74 Å². The molecule has 69 valence electrons. The van der Waals surface area contributed by atoms with Gasteiger partial charge < -0.3 is 4.74 Å². The Bertz CT molecular complexity index is 259. The molecule has 0 fully saturated rings. The maximum absolute atomic E-state index is 11.1. The van der Waals surface area contributed by atoms with E-state index in [1.54, 1.807) is 24.4 Å². The van der Waals surface area contributed by atoms with Crippen LogP contribution in [0.5, 0.6) is 5.88 Å².